The molecule has 16 heavy (non-hydrogen) atoms. The van der Waals surface area contributed by atoms with Gasteiger partial charge in [0.1, 0.15) is 17.9 Å². The van der Waals surface area contributed by atoms with Gasteiger partial charge in [-0.3, -0.25) is 0 Å². The quantitative estimate of drug-likeness (QED) is 0.566. The maximum absolute atomic E-state index is 8.49. The van der Waals surface area contributed by atoms with Crippen molar-refractivity contribution >= 4 is 17.0 Å². The van der Waals surface area contributed by atoms with Gasteiger partial charge in [0.05, 0.1) is 0 Å². The van der Waals surface area contributed by atoms with E-state index in [1.807, 2.05) is 6.07 Å². The fraction of sp³-hybridized carbons (Fsp3) is 0.200. The van der Waals surface area contributed by atoms with Crippen molar-refractivity contribution < 1.29 is 28.9 Å². The van der Waals surface area contributed by atoms with E-state index in [-0.39, 0.29) is 0 Å². The third-order valence-electron chi connectivity index (χ3n) is 1.33. The molecule has 90 valence electrons. The minimum Gasteiger partial charge on any atom is -0.222 e. The molecule has 0 aliphatic heterocycles. The van der Waals surface area contributed by atoms with Gasteiger partial charge < -0.3 is 0 Å². The first kappa shape index (κ1) is 15.4. The number of hydrogen-bond acceptors (Lipinski definition) is 4. The number of halogens is 1. The predicted octanol–water partition coefficient (Wildman–Crippen LogP) is -2.22. The van der Waals surface area contributed by atoms with E-state index >= 15 is 0 Å². The van der Waals surface area contributed by atoms with Crippen LogP contribution in [0.3, 0.4) is 0 Å². The topological polar surface area (TPSA) is 92.2 Å². The standard InChI is InChI=1S/C10H13S.ClHO4/c1-11(2)9-8-10-6-4-3-5-7-10;2-1(3,4)5/h3-9H,1-2H3;(H,2,3,4,5)/q+1;/p-1/b9-8+;. The second-order valence-corrected chi connectivity index (χ2v) is 5.76. The molecule has 0 aromatic heterocycles. The van der Waals surface area contributed by atoms with Crippen molar-refractivity contribution in [1.82, 2.24) is 0 Å². The highest BCUT2D eigenvalue weighted by atomic mass is 35.7. The van der Waals surface area contributed by atoms with Crippen molar-refractivity contribution in [2.75, 3.05) is 12.5 Å². The molecule has 1 aromatic rings. The van der Waals surface area contributed by atoms with Gasteiger partial charge in [0.15, 0.2) is 0 Å². The molecule has 0 saturated heterocycles. The summed E-state index contributed by atoms with van der Waals surface area (Å²) in [7, 11) is -4.54. The van der Waals surface area contributed by atoms with Crippen LogP contribution in [-0.2, 0) is 10.9 Å². The molecule has 1 rings (SSSR count). The molecule has 0 bridgehead atoms. The summed E-state index contributed by atoms with van der Waals surface area (Å²) in [6.45, 7) is 0. The van der Waals surface area contributed by atoms with Crippen LogP contribution in [0.1, 0.15) is 5.56 Å². The van der Waals surface area contributed by atoms with Crippen molar-refractivity contribution in [2.45, 2.75) is 0 Å². The minimum absolute atomic E-state index is 0.403. The number of benzene rings is 1. The van der Waals surface area contributed by atoms with Crippen LogP contribution in [0.15, 0.2) is 35.7 Å². The fourth-order valence-corrected chi connectivity index (χ4v) is 1.21. The number of rotatable bonds is 2. The lowest BCUT2D eigenvalue weighted by molar-refractivity contribution is -2.00. The first-order valence-electron chi connectivity index (χ1n) is 4.20. The Morgan fingerprint density at radius 2 is 1.44 bits per heavy atom. The zero-order valence-corrected chi connectivity index (χ0v) is 10.5. The molecule has 0 heterocycles. The molecule has 0 aliphatic carbocycles. The molecule has 0 amide bonds. The van der Waals surface area contributed by atoms with Crippen LogP contribution in [0.2, 0.25) is 0 Å². The summed E-state index contributed by atoms with van der Waals surface area (Å²) in [5.74, 6) is 0. The van der Waals surface area contributed by atoms with Crippen LogP contribution in [-0.4, -0.2) is 12.5 Å². The summed E-state index contributed by atoms with van der Waals surface area (Å²) < 4.78 is 34.0. The van der Waals surface area contributed by atoms with Gasteiger partial charge in [-0.25, -0.2) is 18.6 Å². The maximum Gasteiger partial charge on any atom is 0.119 e. The normalized spacial score (nSPS) is 11.4. The second-order valence-electron chi connectivity index (χ2n) is 2.97. The Morgan fingerprint density at radius 1 is 1.00 bits per heavy atom. The van der Waals surface area contributed by atoms with Gasteiger partial charge in [-0.15, -0.1) is 10.2 Å². The van der Waals surface area contributed by atoms with Gasteiger partial charge >= 0.3 is 0 Å². The third kappa shape index (κ3) is 13.4. The second kappa shape index (κ2) is 7.67. The highest BCUT2D eigenvalue weighted by Gasteiger charge is 1.92. The average molecular weight is 265 g/mol. The molecule has 0 fully saturated rings. The third-order valence-corrected chi connectivity index (χ3v) is 2.01. The van der Waals surface area contributed by atoms with Crippen LogP contribution < -0.4 is 18.6 Å². The van der Waals surface area contributed by atoms with Crippen LogP contribution >= 0.6 is 0 Å². The lowest BCUT2D eigenvalue weighted by atomic mass is 10.2. The zero-order valence-electron chi connectivity index (χ0n) is 8.96. The van der Waals surface area contributed by atoms with Gasteiger partial charge in [0.25, 0.3) is 0 Å². The Morgan fingerprint density at radius 3 is 1.81 bits per heavy atom. The first-order chi connectivity index (χ1) is 7.29. The smallest absolute Gasteiger partial charge is 0.119 e. The lowest BCUT2D eigenvalue weighted by Crippen LogP contribution is -2.68. The Balaban J connectivity index is 0.000000385. The molecule has 0 saturated carbocycles. The molecular formula is C10H13ClO4S. The van der Waals surface area contributed by atoms with Crippen molar-refractivity contribution in [2.24, 2.45) is 0 Å². The molecular weight excluding hydrogens is 252 g/mol. The van der Waals surface area contributed by atoms with E-state index in [1.165, 1.54) is 5.56 Å². The Kier molecular flexibility index (Phi) is 7.40. The highest BCUT2D eigenvalue weighted by molar-refractivity contribution is 7.98. The Hall–Kier alpha value is -0.560. The summed E-state index contributed by atoms with van der Waals surface area (Å²) in [5, 5.41) is 2.23. The van der Waals surface area contributed by atoms with E-state index in [4.69, 9.17) is 18.6 Å². The minimum atomic E-state index is -4.94. The predicted molar refractivity (Wildman–Crippen MR) is 54.7 cm³/mol. The Labute approximate surface area is 99.9 Å². The van der Waals surface area contributed by atoms with Gasteiger partial charge in [0.2, 0.25) is 0 Å². The van der Waals surface area contributed by atoms with E-state index in [1.54, 1.807) is 0 Å². The summed E-state index contributed by atoms with van der Waals surface area (Å²) in [5.41, 5.74) is 1.29. The van der Waals surface area contributed by atoms with Crippen LogP contribution in [0, 0.1) is 10.2 Å². The average Bonchev–Trinajstić information content (AvgIpc) is 2.14. The van der Waals surface area contributed by atoms with Gasteiger partial charge in [-0.1, -0.05) is 30.3 Å². The van der Waals surface area contributed by atoms with E-state index < -0.39 is 10.2 Å². The molecule has 0 aliphatic rings. The molecule has 1 aromatic carbocycles. The summed E-state index contributed by atoms with van der Waals surface area (Å²) in [4.78, 5) is 0. The summed E-state index contributed by atoms with van der Waals surface area (Å²) in [6.07, 6.45) is 6.59. The molecule has 0 atom stereocenters. The van der Waals surface area contributed by atoms with Crippen molar-refractivity contribution in [3.05, 3.63) is 41.3 Å². The van der Waals surface area contributed by atoms with Crippen LogP contribution in [0.4, 0.5) is 0 Å². The van der Waals surface area contributed by atoms with E-state index in [0.717, 1.165) is 0 Å². The van der Waals surface area contributed by atoms with Crippen molar-refractivity contribution in [3.8, 4) is 0 Å². The van der Waals surface area contributed by atoms with Gasteiger partial charge in [-0.2, -0.15) is 0 Å². The molecule has 4 nitrogen and oxygen atoms in total. The first-order valence-corrected chi connectivity index (χ1v) is 7.54. The molecule has 0 N–H and O–H groups in total. The summed E-state index contributed by atoms with van der Waals surface area (Å²) >= 11 is 0. The number of hydrogen-bond donors (Lipinski definition) is 0. The molecule has 0 spiro atoms. The van der Waals surface area contributed by atoms with E-state index in [9.17, 15) is 0 Å². The van der Waals surface area contributed by atoms with Gasteiger partial charge in [0, 0.05) is 10.9 Å². The molecule has 0 radical (unpaired) electrons. The van der Waals surface area contributed by atoms with E-state index in [0.29, 0.717) is 10.9 Å². The van der Waals surface area contributed by atoms with Crippen molar-refractivity contribution in [3.63, 3.8) is 0 Å². The maximum atomic E-state index is 8.49. The summed E-state index contributed by atoms with van der Waals surface area (Å²) in [6, 6.07) is 10.4. The highest BCUT2D eigenvalue weighted by Crippen LogP contribution is 2.02. The fourth-order valence-electron chi connectivity index (χ4n) is 0.779. The SMILES string of the molecule is C[S+](C)/C=C/c1ccccc1.[O-][Cl+3]([O-])([O-])[O-]. The Bertz CT molecular complexity index is 302. The van der Waals surface area contributed by atoms with E-state index in [2.05, 4.69) is 48.3 Å². The largest absolute Gasteiger partial charge is 0.222 e. The molecule has 6 heteroatoms. The van der Waals surface area contributed by atoms with Crippen LogP contribution in [0.5, 0.6) is 0 Å². The monoisotopic (exact) mass is 264 g/mol. The van der Waals surface area contributed by atoms with Gasteiger partial charge in [-0.05, 0) is 11.6 Å². The van der Waals surface area contributed by atoms with Crippen LogP contribution in [0.25, 0.3) is 6.08 Å². The van der Waals surface area contributed by atoms with Crippen molar-refractivity contribution in [1.29, 1.82) is 0 Å². The molecule has 0 unspecified atom stereocenters. The lowest BCUT2D eigenvalue weighted by Gasteiger charge is -2.17. The zero-order chi connectivity index (χ0) is 12.6.